The lowest BCUT2D eigenvalue weighted by molar-refractivity contribution is 0.0420. The Labute approximate surface area is 104 Å². The molecule has 2 nitrogen and oxygen atoms in total. The molecule has 2 N–H and O–H groups in total. The summed E-state index contributed by atoms with van der Waals surface area (Å²) in [6.45, 7) is 7.52. The average molecular weight is 233 g/mol. The SMILES string of the molecule is Cc1cc(C)cc(C(C)NCC2CC(O)C2)c1. The fourth-order valence-corrected chi connectivity index (χ4v) is 2.59. The Morgan fingerprint density at radius 3 is 2.35 bits per heavy atom. The third kappa shape index (κ3) is 3.30. The minimum absolute atomic E-state index is 0.0432. The number of hydrogen-bond donors (Lipinski definition) is 2. The summed E-state index contributed by atoms with van der Waals surface area (Å²) in [6, 6.07) is 7.10. The second kappa shape index (κ2) is 5.19. The Morgan fingerprint density at radius 1 is 1.24 bits per heavy atom. The van der Waals surface area contributed by atoms with Gasteiger partial charge in [0.25, 0.3) is 0 Å². The molecule has 2 heteroatoms. The van der Waals surface area contributed by atoms with Crippen LogP contribution in [0.15, 0.2) is 18.2 Å². The molecule has 2 rings (SSSR count). The molecule has 1 aromatic rings. The van der Waals surface area contributed by atoms with Crippen LogP contribution in [-0.2, 0) is 0 Å². The highest BCUT2D eigenvalue weighted by molar-refractivity contribution is 5.30. The molecule has 1 aliphatic carbocycles. The maximum Gasteiger partial charge on any atom is 0.0546 e. The first-order valence-corrected chi connectivity index (χ1v) is 6.54. The lowest BCUT2D eigenvalue weighted by Crippen LogP contribution is -2.37. The van der Waals surface area contributed by atoms with E-state index in [9.17, 15) is 5.11 Å². The van der Waals surface area contributed by atoms with Gasteiger partial charge in [-0.1, -0.05) is 29.3 Å². The zero-order chi connectivity index (χ0) is 12.4. The van der Waals surface area contributed by atoms with Crippen LogP contribution in [0.2, 0.25) is 0 Å². The number of nitrogens with one attached hydrogen (secondary N) is 1. The van der Waals surface area contributed by atoms with Gasteiger partial charge in [-0.05, 0) is 51.6 Å². The summed E-state index contributed by atoms with van der Waals surface area (Å²) in [5.74, 6) is 0.665. The van der Waals surface area contributed by atoms with Crippen LogP contribution in [0.25, 0.3) is 0 Å². The highest BCUT2D eigenvalue weighted by Gasteiger charge is 2.26. The first kappa shape index (κ1) is 12.6. The summed E-state index contributed by atoms with van der Waals surface area (Å²) in [6.07, 6.45) is 1.89. The summed E-state index contributed by atoms with van der Waals surface area (Å²) >= 11 is 0. The van der Waals surface area contributed by atoms with Gasteiger partial charge in [0.1, 0.15) is 0 Å². The van der Waals surface area contributed by atoms with Crippen molar-refractivity contribution in [3.8, 4) is 0 Å². The summed E-state index contributed by atoms with van der Waals surface area (Å²) in [7, 11) is 0. The monoisotopic (exact) mass is 233 g/mol. The van der Waals surface area contributed by atoms with Crippen LogP contribution in [0, 0.1) is 19.8 Å². The van der Waals surface area contributed by atoms with Gasteiger partial charge in [0.15, 0.2) is 0 Å². The summed E-state index contributed by atoms with van der Waals surface area (Å²) in [4.78, 5) is 0. The number of rotatable bonds is 4. The number of aliphatic hydroxyl groups excluding tert-OH is 1. The van der Waals surface area contributed by atoms with Crippen molar-refractivity contribution in [3.63, 3.8) is 0 Å². The van der Waals surface area contributed by atoms with E-state index in [1.54, 1.807) is 0 Å². The molecule has 17 heavy (non-hydrogen) atoms. The summed E-state index contributed by atoms with van der Waals surface area (Å²) in [5, 5.41) is 12.8. The Balaban J connectivity index is 1.88. The third-order valence-electron chi connectivity index (χ3n) is 3.67. The molecule has 0 heterocycles. The predicted octanol–water partition coefficient (Wildman–Crippen LogP) is 2.72. The number of hydrogen-bond acceptors (Lipinski definition) is 2. The molecule has 1 fully saturated rings. The molecule has 1 aliphatic rings. The van der Waals surface area contributed by atoms with Crippen LogP contribution in [0.4, 0.5) is 0 Å². The second-order valence-electron chi connectivity index (χ2n) is 5.54. The first-order chi connectivity index (χ1) is 8.04. The number of aliphatic hydroxyl groups is 1. The molecule has 1 aromatic carbocycles. The maximum atomic E-state index is 9.25. The number of benzene rings is 1. The molecule has 1 unspecified atom stereocenters. The fraction of sp³-hybridized carbons (Fsp3) is 0.600. The summed E-state index contributed by atoms with van der Waals surface area (Å²) in [5.41, 5.74) is 4.02. The van der Waals surface area contributed by atoms with Gasteiger partial charge in [0.2, 0.25) is 0 Å². The van der Waals surface area contributed by atoms with Gasteiger partial charge < -0.3 is 10.4 Å². The smallest absolute Gasteiger partial charge is 0.0546 e. The van der Waals surface area contributed by atoms with Gasteiger partial charge in [0, 0.05) is 6.04 Å². The van der Waals surface area contributed by atoms with Gasteiger partial charge in [-0.25, -0.2) is 0 Å². The molecule has 0 spiro atoms. The molecule has 0 amide bonds. The Hall–Kier alpha value is -0.860. The zero-order valence-corrected chi connectivity index (χ0v) is 11.0. The fourth-order valence-electron chi connectivity index (χ4n) is 2.59. The molecular formula is C15H23NO. The van der Waals surface area contributed by atoms with Crippen molar-refractivity contribution in [3.05, 3.63) is 34.9 Å². The van der Waals surface area contributed by atoms with Crippen molar-refractivity contribution in [1.82, 2.24) is 5.32 Å². The van der Waals surface area contributed by atoms with Crippen LogP contribution in [0.5, 0.6) is 0 Å². The third-order valence-corrected chi connectivity index (χ3v) is 3.67. The standard InChI is InChI=1S/C15H23NO/c1-10-4-11(2)6-14(5-10)12(3)16-9-13-7-15(17)8-13/h4-6,12-13,15-17H,7-9H2,1-3H3. The minimum Gasteiger partial charge on any atom is -0.393 e. The van der Waals surface area contributed by atoms with E-state index >= 15 is 0 Å². The molecule has 0 aromatic heterocycles. The molecule has 1 saturated carbocycles. The topological polar surface area (TPSA) is 32.3 Å². The van der Waals surface area contributed by atoms with E-state index in [-0.39, 0.29) is 6.10 Å². The van der Waals surface area contributed by atoms with E-state index in [1.165, 1.54) is 16.7 Å². The first-order valence-electron chi connectivity index (χ1n) is 6.54. The lowest BCUT2D eigenvalue weighted by atomic mass is 9.82. The molecule has 0 aliphatic heterocycles. The molecule has 94 valence electrons. The van der Waals surface area contributed by atoms with Crippen LogP contribution in [0.1, 0.15) is 42.5 Å². The van der Waals surface area contributed by atoms with Crippen molar-refractivity contribution in [2.24, 2.45) is 5.92 Å². The van der Waals surface area contributed by atoms with Crippen LogP contribution in [0.3, 0.4) is 0 Å². The molecule has 0 bridgehead atoms. The van der Waals surface area contributed by atoms with Gasteiger partial charge in [-0.15, -0.1) is 0 Å². The Morgan fingerprint density at radius 2 is 1.82 bits per heavy atom. The highest BCUT2D eigenvalue weighted by Crippen LogP contribution is 2.27. The van der Waals surface area contributed by atoms with Crippen molar-refractivity contribution in [1.29, 1.82) is 0 Å². The van der Waals surface area contributed by atoms with Crippen molar-refractivity contribution < 1.29 is 5.11 Å². The van der Waals surface area contributed by atoms with E-state index in [0.29, 0.717) is 12.0 Å². The predicted molar refractivity (Wildman–Crippen MR) is 71.1 cm³/mol. The largest absolute Gasteiger partial charge is 0.393 e. The van der Waals surface area contributed by atoms with Crippen LogP contribution in [-0.4, -0.2) is 17.8 Å². The maximum absolute atomic E-state index is 9.25. The van der Waals surface area contributed by atoms with E-state index < -0.39 is 0 Å². The van der Waals surface area contributed by atoms with Crippen molar-refractivity contribution >= 4 is 0 Å². The Kier molecular flexibility index (Phi) is 3.85. The van der Waals surface area contributed by atoms with E-state index in [1.807, 2.05) is 0 Å². The normalized spacial score (nSPS) is 25.4. The van der Waals surface area contributed by atoms with Gasteiger partial charge in [-0.2, -0.15) is 0 Å². The minimum atomic E-state index is -0.0432. The van der Waals surface area contributed by atoms with Gasteiger partial charge in [-0.3, -0.25) is 0 Å². The van der Waals surface area contributed by atoms with Crippen molar-refractivity contribution in [2.75, 3.05) is 6.54 Å². The molecule has 0 radical (unpaired) electrons. The van der Waals surface area contributed by atoms with E-state index in [4.69, 9.17) is 0 Å². The lowest BCUT2D eigenvalue weighted by Gasteiger charge is -2.32. The molecular weight excluding hydrogens is 210 g/mol. The molecule has 0 saturated heterocycles. The zero-order valence-electron chi connectivity index (χ0n) is 11.0. The molecule has 1 atom stereocenters. The van der Waals surface area contributed by atoms with Crippen LogP contribution < -0.4 is 5.32 Å². The highest BCUT2D eigenvalue weighted by atomic mass is 16.3. The van der Waals surface area contributed by atoms with Crippen molar-refractivity contribution in [2.45, 2.75) is 45.8 Å². The Bertz CT molecular complexity index is 362. The van der Waals surface area contributed by atoms with Crippen LogP contribution >= 0.6 is 0 Å². The quantitative estimate of drug-likeness (QED) is 0.838. The summed E-state index contributed by atoms with van der Waals surface area (Å²) < 4.78 is 0. The van der Waals surface area contributed by atoms with E-state index in [0.717, 1.165) is 19.4 Å². The van der Waals surface area contributed by atoms with E-state index in [2.05, 4.69) is 44.3 Å². The average Bonchev–Trinajstić information content (AvgIpc) is 2.21. The van der Waals surface area contributed by atoms with Gasteiger partial charge in [0.05, 0.1) is 6.10 Å². The number of aryl methyl sites for hydroxylation is 2. The second-order valence-corrected chi connectivity index (χ2v) is 5.54. The van der Waals surface area contributed by atoms with Gasteiger partial charge >= 0.3 is 0 Å².